The minimum atomic E-state index is -0.740. The van der Waals surface area contributed by atoms with E-state index >= 15 is 0 Å². The molecule has 0 radical (unpaired) electrons. The lowest BCUT2D eigenvalue weighted by Crippen LogP contribution is -2.30. The zero-order valence-corrected chi connectivity index (χ0v) is 13.1. The lowest BCUT2D eigenvalue weighted by atomic mass is 9.72. The van der Waals surface area contributed by atoms with E-state index in [1.165, 1.54) is 24.3 Å². The summed E-state index contributed by atoms with van der Waals surface area (Å²) in [5.41, 5.74) is 3.00. The number of halogens is 2. The van der Waals surface area contributed by atoms with E-state index in [-0.39, 0.29) is 11.6 Å². The molecule has 0 spiro atoms. The highest BCUT2D eigenvalue weighted by molar-refractivity contribution is 5.82. The highest BCUT2D eigenvalue weighted by atomic mass is 19.1. The molecule has 0 amide bonds. The molecule has 2 aliphatic rings. The SMILES string of the molecule is C#CCC1(c2ccc(F)cc2)C2=C(CCCO2)c2ccc(F)cc21. The maximum Gasteiger partial charge on any atom is 0.123 e. The van der Waals surface area contributed by atoms with Gasteiger partial charge in [0.1, 0.15) is 17.4 Å². The van der Waals surface area contributed by atoms with Gasteiger partial charge in [-0.15, -0.1) is 12.3 Å². The molecule has 1 aliphatic heterocycles. The van der Waals surface area contributed by atoms with Crippen LogP contribution in [0.2, 0.25) is 0 Å². The van der Waals surface area contributed by atoms with Crippen LogP contribution in [-0.2, 0) is 10.2 Å². The Morgan fingerprint density at radius 3 is 2.58 bits per heavy atom. The Labute approximate surface area is 140 Å². The molecular formula is C21H16F2O. The van der Waals surface area contributed by atoms with Crippen molar-refractivity contribution in [3.05, 3.63) is 76.5 Å². The average molecular weight is 322 g/mol. The summed E-state index contributed by atoms with van der Waals surface area (Å²) in [6.07, 6.45) is 7.82. The van der Waals surface area contributed by atoms with Gasteiger partial charge in [-0.1, -0.05) is 18.2 Å². The molecule has 24 heavy (non-hydrogen) atoms. The molecule has 3 heteroatoms. The number of allylic oxidation sites excluding steroid dienone is 2. The highest BCUT2D eigenvalue weighted by Crippen LogP contribution is 2.55. The first-order valence-corrected chi connectivity index (χ1v) is 8.03. The van der Waals surface area contributed by atoms with Gasteiger partial charge in [-0.3, -0.25) is 0 Å². The topological polar surface area (TPSA) is 9.23 Å². The van der Waals surface area contributed by atoms with Crippen molar-refractivity contribution < 1.29 is 13.5 Å². The van der Waals surface area contributed by atoms with Gasteiger partial charge in [-0.05, 0) is 59.4 Å². The van der Waals surface area contributed by atoms with Crippen molar-refractivity contribution in [2.75, 3.05) is 6.61 Å². The number of rotatable bonds is 2. The molecule has 1 nitrogen and oxygen atoms in total. The first-order valence-electron chi connectivity index (χ1n) is 8.03. The van der Waals surface area contributed by atoms with Gasteiger partial charge in [0.25, 0.3) is 0 Å². The van der Waals surface area contributed by atoms with Crippen molar-refractivity contribution in [1.29, 1.82) is 0 Å². The van der Waals surface area contributed by atoms with Crippen molar-refractivity contribution >= 4 is 5.57 Å². The molecule has 2 aromatic carbocycles. The van der Waals surface area contributed by atoms with Crippen molar-refractivity contribution in [3.8, 4) is 12.3 Å². The zero-order valence-electron chi connectivity index (χ0n) is 13.1. The maximum atomic E-state index is 14.0. The van der Waals surface area contributed by atoms with Crippen LogP contribution in [0.5, 0.6) is 0 Å². The predicted octanol–water partition coefficient (Wildman–Crippen LogP) is 4.81. The van der Waals surface area contributed by atoms with Crippen LogP contribution in [0.4, 0.5) is 8.78 Å². The van der Waals surface area contributed by atoms with Gasteiger partial charge in [-0.25, -0.2) is 8.78 Å². The van der Waals surface area contributed by atoms with Crippen molar-refractivity contribution in [2.24, 2.45) is 0 Å². The standard InChI is InChI=1S/C21H16F2O/c1-2-11-21(14-5-7-15(22)8-6-14)19-13-16(23)9-10-17(19)18-4-3-12-24-20(18)21/h1,5-10,13H,3-4,11-12H2. The molecule has 1 atom stereocenters. The maximum absolute atomic E-state index is 14.0. The van der Waals surface area contributed by atoms with Gasteiger partial charge in [0.05, 0.1) is 12.0 Å². The summed E-state index contributed by atoms with van der Waals surface area (Å²) >= 11 is 0. The number of ether oxygens (including phenoxy) is 1. The Hall–Kier alpha value is -2.60. The van der Waals surface area contributed by atoms with Crippen LogP contribution in [0, 0.1) is 24.0 Å². The molecule has 0 bridgehead atoms. The number of benzene rings is 2. The minimum absolute atomic E-state index is 0.308. The summed E-state index contributed by atoms with van der Waals surface area (Å²) in [7, 11) is 0. The normalized spacial score (nSPS) is 21.7. The number of hydrogen-bond donors (Lipinski definition) is 0. The van der Waals surface area contributed by atoms with E-state index in [0.717, 1.165) is 40.9 Å². The summed E-state index contributed by atoms with van der Waals surface area (Å²) in [6, 6.07) is 11.1. The molecule has 1 unspecified atom stereocenters. The fourth-order valence-electron chi connectivity index (χ4n) is 3.97. The first kappa shape index (κ1) is 15.0. The van der Waals surface area contributed by atoms with E-state index in [0.29, 0.717) is 13.0 Å². The second kappa shape index (κ2) is 5.49. The summed E-state index contributed by atoms with van der Waals surface area (Å²) in [5, 5.41) is 0. The van der Waals surface area contributed by atoms with E-state index in [1.54, 1.807) is 18.2 Å². The average Bonchev–Trinajstić information content (AvgIpc) is 2.87. The molecule has 1 aliphatic carbocycles. The smallest absolute Gasteiger partial charge is 0.123 e. The van der Waals surface area contributed by atoms with Crippen LogP contribution in [0.1, 0.15) is 36.0 Å². The molecule has 4 rings (SSSR count). The van der Waals surface area contributed by atoms with Crippen LogP contribution in [0.15, 0.2) is 48.2 Å². The molecule has 0 saturated carbocycles. The number of terminal acetylenes is 1. The van der Waals surface area contributed by atoms with Crippen LogP contribution >= 0.6 is 0 Å². The van der Waals surface area contributed by atoms with E-state index in [2.05, 4.69) is 5.92 Å². The molecule has 120 valence electrons. The van der Waals surface area contributed by atoms with Gasteiger partial charge >= 0.3 is 0 Å². The van der Waals surface area contributed by atoms with Crippen molar-refractivity contribution in [3.63, 3.8) is 0 Å². The van der Waals surface area contributed by atoms with E-state index in [4.69, 9.17) is 11.2 Å². The summed E-state index contributed by atoms with van der Waals surface area (Å²) < 4.78 is 33.5. The van der Waals surface area contributed by atoms with Crippen LogP contribution in [0.3, 0.4) is 0 Å². The molecule has 2 aromatic rings. The molecule has 1 heterocycles. The third-order valence-electron chi connectivity index (χ3n) is 4.95. The summed E-state index contributed by atoms with van der Waals surface area (Å²) in [4.78, 5) is 0. The second-order valence-electron chi connectivity index (χ2n) is 6.24. The van der Waals surface area contributed by atoms with Gasteiger partial charge < -0.3 is 4.74 Å². The Kier molecular flexibility index (Phi) is 3.42. The first-order chi connectivity index (χ1) is 11.7. The number of fused-ring (bicyclic) bond motifs is 2. The van der Waals surface area contributed by atoms with E-state index in [9.17, 15) is 8.78 Å². The van der Waals surface area contributed by atoms with E-state index < -0.39 is 5.41 Å². The quantitative estimate of drug-likeness (QED) is 0.721. The highest BCUT2D eigenvalue weighted by Gasteiger charge is 2.48. The Morgan fingerprint density at radius 1 is 1.08 bits per heavy atom. The second-order valence-corrected chi connectivity index (χ2v) is 6.24. The Bertz CT molecular complexity index is 874. The summed E-state index contributed by atoms with van der Waals surface area (Å²) in [6.45, 7) is 0.614. The lowest BCUT2D eigenvalue weighted by Gasteiger charge is -2.33. The van der Waals surface area contributed by atoms with Gasteiger partial charge in [-0.2, -0.15) is 0 Å². The molecule has 0 saturated heterocycles. The van der Waals surface area contributed by atoms with Crippen LogP contribution in [-0.4, -0.2) is 6.61 Å². The summed E-state index contributed by atoms with van der Waals surface area (Å²) in [5.74, 6) is 2.91. The Morgan fingerprint density at radius 2 is 1.83 bits per heavy atom. The zero-order chi connectivity index (χ0) is 16.7. The van der Waals surface area contributed by atoms with Gasteiger partial charge in [0, 0.05) is 6.42 Å². The fourth-order valence-corrected chi connectivity index (χ4v) is 3.97. The fraction of sp³-hybridized carbons (Fsp3) is 0.238. The monoisotopic (exact) mass is 322 g/mol. The third kappa shape index (κ3) is 1.99. The molecular weight excluding hydrogens is 306 g/mol. The third-order valence-corrected chi connectivity index (χ3v) is 4.95. The lowest BCUT2D eigenvalue weighted by molar-refractivity contribution is 0.166. The van der Waals surface area contributed by atoms with Gasteiger partial charge in [0.2, 0.25) is 0 Å². The molecule has 0 aromatic heterocycles. The van der Waals surface area contributed by atoms with Crippen molar-refractivity contribution in [2.45, 2.75) is 24.7 Å². The van der Waals surface area contributed by atoms with Crippen LogP contribution < -0.4 is 0 Å². The predicted molar refractivity (Wildman–Crippen MR) is 89.1 cm³/mol. The minimum Gasteiger partial charge on any atom is -0.496 e. The van der Waals surface area contributed by atoms with Crippen LogP contribution in [0.25, 0.3) is 5.57 Å². The number of hydrogen-bond acceptors (Lipinski definition) is 1. The molecule has 0 N–H and O–H groups in total. The van der Waals surface area contributed by atoms with E-state index in [1.807, 2.05) is 0 Å². The molecule has 0 fully saturated rings. The van der Waals surface area contributed by atoms with Gasteiger partial charge in [0.15, 0.2) is 0 Å². The largest absolute Gasteiger partial charge is 0.496 e. The Balaban J connectivity index is 2.04. The van der Waals surface area contributed by atoms with Crippen molar-refractivity contribution in [1.82, 2.24) is 0 Å².